The summed E-state index contributed by atoms with van der Waals surface area (Å²) in [5.41, 5.74) is 7.47. The largest absolute Gasteiger partial charge is 0.487 e. The highest BCUT2D eigenvalue weighted by atomic mass is 79.9. The number of nitrogens with two attached hydrogens (primary N) is 1. The third-order valence-corrected chi connectivity index (χ3v) is 4.60. The molecule has 0 bridgehead atoms. The van der Waals surface area contributed by atoms with Crippen LogP contribution >= 0.6 is 15.9 Å². The first-order valence-corrected chi connectivity index (χ1v) is 7.11. The van der Waals surface area contributed by atoms with E-state index in [1.807, 2.05) is 12.1 Å². The molecular formula is C14H18BrNO. The molecule has 3 atom stereocenters. The Kier molecular flexibility index (Phi) is 2.71. The summed E-state index contributed by atoms with van der Waals surface area (Å²) >= 11 is 3.49. The average Bonchev–Trinajstić information content (AvgIpc) is 2.61. The molecule has 0 saturated heterocycles. The Bertz CT molecular complexity index is 448. The number of benzene rings is 1. The SMILES string of the molecule is CC1CCC2(C1)C[C@@H](N)c1cc(Br)ccc1O2. The van der Waals surface area contributed by atoms with E-state index in [4.69, 9.17) is 10.5 Å². The van der Waals surface area contributed by atoms with Crippen molar-refractivity contribution < 1.29 is 4.74 Å². The van der Waals surface area contributed by atoms with Crippen LogP contribution in [0.15, 0.2) is 22.7 Å². The Balaban J connectivity index is 1.96. The minimum absolute atomic E-state index is 0.0136. The van der Waals surface area contributed by atoms with Gasteiger partial charge in [-0.15, -0.1) is 0 Å². The number of fused-ring (bicyclic) bond motifs is 1. The Morgan fingerprint density at radius 1 is 1.41 bits per heavy atom. The van der Waals surface area contributed by atoms with E-state index in [0.717, 1.165) is 41.0 Å². The van der Waals surface area contributed by atoms with Crippen molar-refractivity contribution in [1.29, 1.82) is 0 Å². The summed E-state index contributed by atoms with van der Waals surface area (Å²) in [5.74, 6) is 1.75. The predicted octanol–water partition coefficient (Wildman–Crippen LogP) is 3.79. The number of rotatable bonds is 0. The summed E-state index contributed by atoms with van der Waals surface area (Å²) in [7, 11) is 0. The van der Waals surface area contributed by atoms with Crippen molar-refractivity contribution in [3.8, 4) is 5.75 Å². The molecule has 3 rings (SSSR count). The Morgan fingerprint density at radius 3 is 2.94 bits per heavy atom. The van der Waals surface area contributed by atoms with Crippen molar-refractivity contribution in [2.75, 3.05) is 0 Å². The monoisotopic (exact) mass is 295 g/mol. The lowest BCUT2D eigenvalue weighted by Gasteiger charge is -2.39. The molecule has 1 spiro atoms. The van der Waals surface area contributed by atoms with E-state index < -0.39 is 0 Å². The predicted molar refractivity (Wildman–Crippen MR) is 72.1 cm³/mol. The van der Waals surface area contributed by atoms with Gasteiger partial charge < -0.3 is 10.5 Å². The van der Waals surface area contributed by atoms with Gasteiger partial charge in [0.1, 0.15) is 11.4 Å². The van der Waals surface area contributed by atoms with Crippen LogP contribution in [0, 0.1) is 5.92 Å². The molecule has 2 N–H and O–H groups in total. The van der Waals surface area contributed by atoms with E-state index in [-0.39, 0.29) is 11.6 Å². The zero-order chi connectivity index (χ0) is 12.0. The lowest BCUT2D eigenvalue weighted by atomic mass is 9.86. The Morgan fingerprint density at radius 2 is 2.24 bits per heavy atom. The Hall–Kier alpha value is -0.540. The van der Waals surface area contributed by atoms with Gasteiger partial charge in [0.15, 0.2) is 0 Å². The van der Waals surface area contributed by atoms with Crippen LogP contribution in [0.5, 0.6) is 5.75 Å². The fourth-order valence-corrected chi connectivity index (χ4v) is 3.69. The van der Waals surface area contributed by atoms with Crippen molar-refractivity contribution in [2.45, 2.75) is 44.2 Å². The lowest BCUT2D eigenvalue weighted by molar-refractivity contribution is 0.0393. The number of ether oxygens (including phenoxy) is 1. The molecule has 1 aromatic carbocycles. The van der Waals surface area contributed by atoms with Gasteiger partial charge in [-0.2, -0.15) is 0 Å². The first kappa shape index (κ1) is 11.5. The summed E-state index contributed by atoms with van der Waals surface area (Å²) in [6, 6.07) is 6.28. The topological polar surface area (TPSA) is 35.2 Å². The lowest BCUT2D eigenvalue weighted by Crippen LogP contribution is -2.40. The molecule has 1 aliphatic heterocycles. The molecule has 1 aromatic rings. The first-order chi connectivity index (χ1) is 8.08. The van der Waals surface area contributed by atoms with Crippen LogP contribution in [-0.4, -0.2) is 5.60 Å². The molecule has 1 saturated carbocycles. The maximum Gasteiger partial charge on any atom is 0.124 e. The molecule has 0 aromatic heterocycles. The highest BCUT2D eigenvalue weighted by Gasteiger charge is 2.44. The maximum atomic E-state index is 6.31. The van der Waals surface area contributed by atoms with Crippen LogP contribution in [-0.2, 0) is 0 Å². The zero-order valence-electron chi connectivity index (χ0n) is 10.1. The van der Waals surface area contributed by atoms with Crippen molar-refractivity contribution in [3.63, 3.8) is 0 Å². The molecule has 1 heterocycles. The molecule has 2 unspecified atom stereocenters. The van der Waals surface area contributed by atoms with Gasteiger partial charge in [-0.25, -0.2) is 0 Å². The molecule has 92 valence electrons. The van der Waals surface area contributed by atoms with Gasteiger partial charge in [-0.3, -0.25) is 0 Å². The summed E-state index contributed by atoms with van der Waals surface area (Å²) in [6.07, 6.45) is 4.52. The summed E-state index contributed by atoms with van der Waals surface area (Å²) in [4.78, 5) is 0. The molecule has 1 fully saturated rings. The third kappa shape index (κ3) is 2.00. The van der Waals surface area contributed by atoms with Crippen molar-refractivity contribution in [1.82, 2.24) is 0 Å². The minimum Gasteiger partial charge on any atom is -0.487 e. The number of hydrogen-bond donors (Lipinski definition) is 1. The second kappa shape index (κ2) is 3.99. The van der Waals surface area contributed by atoms with Crippen molar-refractivity contribution >= 4 is 15.9 Å². The molecule has 2 nitrogen and oxygen atoms in total. The minimum atomic E-state index is 0.0136. The molecule has 17 heavy (non-hydrogen) atoms. The Labute approximate surface area is 111 Å². The zero-order valence-corrected chi connectivity index (χ0v) is 11.7. The van der Waals surface area contributed by atoms with Crippen LogP contribution < -0.4 is 10.5 Å². The molecule has 0 radical (unpaired) electrons. The standard InChI is InChI=1S/C14H18BrNO/c1-9-4-5-14(7-9)8-12(16)11-6-10(15)2-3-13(11)17-14/h2-3,6,9,12H,4-5,7-8,16H2,1H3/t9?,12-,14?/m1/s1. The van der Waals surface area contributed by atoms with Crippen LogP contribution in [0.4, 0.5) is 0 Å². The van der Waals surface area contributed by atoms with Gasteiger partial charge in [-0.1, -0.05) is 22.9 Å². The quantitative estimate of drug-likeness (QED) is 0.790. The molecular weight excluding hydrogens is 278 g/mol. The van der Waals surface area contributed by atoms with E-state index in [1.165, 1.54) is 6.42 Å². The van der Waals surface area contributed by atoms with E-state index in [0.29, 0.717) is 0 Å². The third-order valence-electron chi connectivity index (χ3n) is 4.10. The fourth-order valence-electron chi connectivity index (χ4n) is 3.31. The van der Waals surface area contributed by atoms with Crippen LogP contribution in [0.1, 0.15) is 44.2 Å². The highest BCUT2D eigenvalue weighted by molar-refractivity contribution is 9.10. The first-order valence-electron chi connectivity index (χ1n) is 6.32. The van der Waals surface area contributed by atoms with Gasteiger partial charge in [0, 0.05) is 22.5 Å². The van der Waals surface area contributed by atoms with Crippen LogP contribution in [0.3, 0.4) is 0 Å². The van der Waals surface area contributed by atoms with E-state index in [9.17, 15) is 0 Å². The number of halogens is 1. The second-order valence-corrected chi connectivity index (χ2v) is 6.54. The van der Waals surface area contributed by atoms with Gasteiger partial charge in [0.05, 0.1) is 0 Å². The van der Waals surface area contributed by atoms with Gasteiger partial charge in [-0.05, 0) is 43.4 Å². The van der Waals surface area contributed by atoms with Gasteiger partial charge in [0.2, 0.25) is 0 Å². The molecule has 0 amide bonds. The van der Waals surface area contributed by atoms with Crippen molar-refractivity contribution in [2.24, 2.45) is 11.7 Å². The molecule has 2 aliphatic rings. The van der Waals surface area contributed by atoms with Gasteiger partial charge in [0.25, 0.3) is 0 Å². The molecule has 1 aliphatic carbocycles. The maximum absolute atomic E-state index is 6.31. The average molecular weight is 296 g/mol. The second-order valence-electron chi connectivity index (χ2n) is 5.63. The van der Waals surface area contributed by atoms with Gasteiger partial charge >= 0.3 is 0 Å². The van der Waals surface area contributed by atoms with E-state index in [2.05, 4.69) is 28.9 Å². The van der Waals surface area contributed by atoms with E-state index >= 15 is 0 Å². The summed E-state index contributed by atoms with van der Waals surface area (Å²) in [5, 5.41) is 0. The van der Waals surface area contributed by atoms with Crippen LogP contribution in [0.2, 0.25) is 0 Å². The molecule has 3 heteroatoms. The van der Waals surface area contributed by atoms with Crippen LogP contribution in [0.25, 0.3) is 0 Å². The fraction of sp³-hybridized carbons (Fsp3) is 0.571. The van der Waals surface area contributed by atoms with E-state index in [1.54, 1.807) is 0 Å². The normalized spacial score (nSPS) is 35.7. The highest BCUT2D eigenvalue weighted by Crippen LogP contribution is 2.48. The summed E-state index contributed by atoms with van der Waals surface area (Å²) < 4.78 is 7.35. The number of hydrogen-bond acceptors (Lipinski definition) is 2. The summed E-state index contributed by atoms with van der Waals surface area (Å²) in [6.45, 7) is 2.31. The smallest absolute Gasteiger partial charge is 0.124 e. The van der Waals surface area contributed by atoms with Crippen molar-refractivity contribution in [3.05, 3.63) is 28.2 Å².